The molecule has 18 heavy (non-hydrogen) atoms. The van der Waals surface area contributed by atoms with Crippen molar-refractivity contribution in [2.45, 2.75) is 13.3 Å². The Morgan fingerprint density at radius 1 is 1.28 bits per heavy atom. The maximum atomic E-state index is 11.9. The van der Waals surface area contributed by atoms with Gasteiger partial charge in [0, 0.05) is 0 Å². The molecular formula is C14H15NO2S. The van der Waals surface area contributed by atoms with Crippen molar-refractivity contribution >= 4 is 22.9 Å². The highest BCUT2D eigenvalue weighted by molar-refractivity contribution is 7.12. The number of amides is 1. The molecule has 1 heterocycles. The Bertz CT molecular complexity index is 508. The van der Waals surface area contributed by atoms with Gasteiger partial charge in [-0.1, -0.05) is 25.1 Å². The Kier molecular flexibility index (Phi) is 4.36. The van der Waals surface area contributed by atoms with E-state index in [1.807, 2.05) is 42.6 Å². The van der Waals surface area contributed by atoms with Crippen LogP contribution in [0.25, 0.3) is 0 Å². The van der Waals surface area contributed by atoms with Gasteiger partial charge in [-0.3, -0.25) is 4.79 Å². The van der Waals surface area contributed by atoms with E-state index >= 15 is 0 Å². The fourth-order valence-electron chi connectivity index (χ4n) is 1.50. The van der Waals surface area contributed by atoms with E-state index < -0.39 is 0 Å². The highest BCUT2D eigenvalue weighted by Gasteiger charge is 2.09. The summed E-state index contributed by atoms with van der Waals surface area (Å²) < 4.78 is 5.59. The van der Waals surface area contributed by atoms with Gasteiger partial charge in [0.05, 0.1) is 17.2 Å². The fraction of sp³-hybridized carbons (Fsp3) is 0.214. The highest BCUT2D eigenvalue weighted by Crippen LogP contribution is 2.25. The van der Waals surface area contributed by atoms with E-state index in [0.29, 0.717) is 22.9 Å². The van der Waals surface area contributed by atoms with E-state index in [1.165, 1.54) is 11.3 Å². The van der Waals surface area contributed by atoms with Crippen LogP contribution in [0.2, 0.25) is 0 Å². The molecule has 2 rings (SSSR count). The summed E-state index contributed by atoms with van der Waals surface area (Å²) >= 11 is 1.42. The normalized spacial score (nSPS) is 10.1. The first-order chi connectivity index (χ1) is 8.81. The minimum atomic E-state index is -0.0995. The monoisotopic (exact) mass is 261 g/mol. The van der Waals surface area contributed by atoms with E-state index in [4.69, 9.17) is 4.74 Å². The van der Waals surface area contributed by atoms with E-state index in [-0.39, 0.29) is 5.91 Å². The van der Waals surface area contributed by atoms with Crippen LogP contribution >= 0.6 is 11.3 Å². The molecule has 0 aliphatic carbocycles. The number of anilines is 1. The van der Waals surface area contributed by atoms with Crippen molar-refractivity contribution in [3.63, 3.8) is 0 Å². The molecule has 94 valence electrons. The third kappa shape index (κ3) is 3.11. The lowest BCUT2D eigenvalue weighted by Crippen LogP contribution is -2.11. The van der Waals surface area contributed by atoms with Gasteiger partial charge < -0.3 is 10.1 Å². The first-order valence-corrected chi connectivity index (χ1v) is 6.76. The van der Waals surface area contributed by atoms with Crippen molar-refractivity contribution in [2.24, 2.45) is 0 Å². The molecule has 0 fully saturated rings. The van der Waals surface area contributed by atoms with Gasteiger partial charge >= 0.3 is 0 Å². The van der Waals surface area contributed by atoms with Gasteiger partial charge in [0.25, 0.3) is 5.91 Å². The molecule has 4 heteroatoms. The van der Waals surface area contributed by atoms with E-state index in [1.54, 1.807) is 6.07 Å². The Hall–Kier alpha value is -1.81. The van der Waals surface area contributed by atoms with E-state index in [2.05, 4.69) is 5.32 Å². The number of para-hydroxylation sites is 2. The molecule has 0 bridgehead atoms. The molecule has 1 N–H and O–H groups in total. The minimum Gasteiger partial charge on any atom is -0.491 e. The van der Waals surface area contributed by atoms with Crippen molar-refractivity contribution < 1.29 is 9.53 Å². The molecule has 0 spiro atoms. The van der Waals surface area contributed by atoms with Crippen molar-refractivity contribution in [3.05, 3.63) is 46.7 Å². The lowest BCUT2D eigenvalue weighted by atomic mass is 10.3. The molecule has 1 amide bonds. The fourth-order valence-corrected chi connectivity index (χ4v) is 2.12. The predicted octanol–water partition coefficient (Wildman–Crippen LogP) is 3.79. The molecule has 0 unspecified atom stereocenters. The van der Waals surface area contributed by atoms with E-state index in [0.717, 1.165) is 6.42 Å². The zero-order chi connectivity index (χ0) is 12.8. The number of ether oxygens (including phenoxy) is 1. The SMILES string of the molecule is CCCOc1ccccc1NC(=O)c1cccs1. The van der Waals surface area contributed by atoms with Gasteiger partial charge in [-0.25, -0.2) is 0 Å². The van der Waals surface area contributed by atoms with Crippen LogP contribution in [0.3, 0.4) is 0 Å². The maximum absolute atomic E-state index is 11.9. The summed E-state index contributed by atoms with van der Waals surface area (Å²) in [6.07, 6.45) is 0.938. The number of rotatable bonds is 5. The summed E-state index contributed by atoms with van der Waals surface area (Å²) in [5, 5.41) is 4.75. The molecule has 1 aromatic heterocycles. The molecule has 1 aromatic carbocycles. The predicted molar refractivity (Wildman–Crippen MR) is 74.5 cm³/mol. The van der Waals surface area contributed by atoms with Crippen LogP contribution in [0, 0.1) is 0 Å². The van der Waals surface area contributed by atoms with Crippen molar-refractivity contribution in [1.82, 2.24) is 0 Å². The average Bonchev–Trinajstić information content (AvgIpc) is 2.91. The molecular weight excluding hydrogens is 246 g/mol. The van der Waals surface area contributed by atoms with Gasteiger partial charge in [0.2, 0.25) is 0 Å². The lowest BCUT2D eigenvalue weighted by molar-refractivity contribution is 0.103. The van der Waals surface area contributed by atoms with Crippen LogP contribution in [-0.4, -0.2) is 12.5 Å². The number of carbonyl (C=O) groups is 1. The number of thiophene rings is 1. The molecule has 2 aromatic rings. The summed E-state index contributed by atoms with van der Waals surface area (Å²) in [6, 6.07) is 11.1. The van der Waals surface area contributed by atoms with Gasteiger partial charge in [0.1, 0.15) is 5.75 Å². The quantitative estimate of drug-likeness (QED) is 0.889. The minimum absolute atomic E-state index is 0.0995. The molecule has 0 radical (unpaired) electrons. The van der Waals surface area contributed by atoms with Crippen LogP contribution in [-0.2, 0) is 0 Å². The second-order valence-corrected chi connectivity index (χ2v) is 4.72. The van der Waals surface area contributed by atoms with Crippen molar-refractivity contribution in [3.8, 4) is 5.75 Å². The topological polar surface area (TPSA) is 38.3 Å². The Morgan fingerprint density at radius 3 is 2.83 bits per heavy atom. The van der Waals surface area contributed by atoms with Gasteiger partial charge in [-0.05, 0) is 30.0 Å². The second-order valence-electron chi connectivity index (χ2n) is 3.78. The number of benzene rings is 1. The van der Waals surface area contributed by atoms with Crippen LogP contribution < -0.4 is 10.1 Å². The smallest absolute Gasteiger partial charge is 0.265 e. The molecule has 0 saturated carbocycles. The largest absolute Gasteiger partial charge is 0.491 e. The van der Waals surface area contributed by atoms with Crippen LogP contribution in [0.5, 0.6) is 5.75 Å². The first-order valence-electron chi connectivity index (χ1n) is 5.88. The molecule has 0 aliphatic heterocycles. The van der Waals surface area contributed by atoms with Crippen LogP contribution in [0.1, 0.15) is 23.0 Å². The number of nitrogens with one attached hydrogen (secondary N) is 1. The van der Waals surface area contributed by atoms with E-state index in [9.17, 15) is 4.79 Å². The highest BCUT2D eigenvalue weighted by atomic mass is 32.1. The molecule has 3 nitrogen and oxygen atoms in total. The summed E-state index contributed by atoms with van der Waals surface area (Å²) in [5.74, 6) is 0.613. The summed E-state index contributed by atoms with van der Waals surface area (Å²) in [7, 11) is 0. The summed E-state index contributed by atoms with van der Waals surface area (Å²) in [4.78, 5) is 12.6. The van der Waals surface area contributed by atoms with Crippen molar-refractivity contribution in [1.29, 1.82) is 0 Å². The van der Waals surface area contributed by atoms with Crippen LogP contribution in [0.15, 0.2) is 41.8 Å². The zero-order valence-corrected chi connectivity index (χ0v) is 11.0. The maximum Gasteiger partial charge on any atom is 0.265 e. The Balaban J connectivity index is 2.11. The third-order valence-corrected chi connectivity index (χ3v) is 3.21. The Morgan fingerprint density at radius 2 is 2.11 bits per heavy atom. The second kappa shape index (κ2) is 6.21. The standard InChI is InChI=1S/C14H15NO2S/c1-2-9-17-12-7-4-3-6-11(12)15-14(16)13-8-5-10-18-13/h3-8,10H,2,9H2,1H3,(H,15,16). The Labute approximate surface area is 110 Å². The molecule has 0 saturated heterocycles. The van der Waals surface area contributed by atoms with Gasteiger partial charge in [0.15, 0.2) is 0 Å². The number of carbonyl (C=O) groups excluding carboxylic acids is 1. The zero-order valence-electron chi connectivity index (χ0n) is 10.2. The summed E-state index contributed by atoms with van der Waals surface area (Å²) in [6.45, 7) is 2.69. The third-order valence-electron chi connectivity index (χ3n) is 2.34. The number of hydrogen-bond acceptors (Lipinski definition) is 3. The van der Waals surface area contributed by atoms with Crippen LogP contribution in [0.4, 0.5) is 5.69 Å². The van der Waals surface area contributed by atoms with Gasteiger partial charge in [-0.15, -0.1) is 11.3 Å². The van der Waals surface area contributed by atoms with Crippen molar-refractivity contribution in [2.75, 3.05) is 11.9 Å². The number of hydrogen-bond donors (Lipinski definition) is 1. The summed E-state index contributed by atoms with van der Waals surface area (Å²) in [5.41, 5.74) is 0.712. The molecule has 0 aliphatic rings. The lowest BCUT2D eigenvalue weighted by Gasteiger charge is -2.11. The first kappa shape index (κ1) is 12.6. The molecule has 0 atom stereocenters. The average molecular weight is 261 g/mol. The van der Waals surface area contributed by atoms with Gasteiger partial charge in [-0.2, -0.15) is 0 Å².